The van der Waals surface area contributed by atoms with Gasteiger partial charge in [0.1, 0.15) is 16.9 Å². The Kier molecular flexibility index (Phi) is 2.76. The maximum atomic E-state index is 5.97. The SMILES string of the molecule is Cc1[nH]nc2cnc(C3CCC(N)CN3C)nc12. The molecule has 1 fully saturated rings. The number of H-pyrrole nitrogens is 1. The number of piperidine rings is 1. The van der Waals surface area contributed by atoms with Crippen LogP contribution in [0.15, 0.2) is 6.20 Å². The van der Waals surface area contributed by atoms with Gasteiger partial charge in [-0.15, -0.1) is 0 Å². The van der Waals surface area contributed by atoms with E-state index in [0.717, 1.165) is 41.9 Å². The molecule has 0 bridgehead atoms. The van der Waals surface area contributed by atoms with E-state index in [4.69, 9.17) is 5.73 Å². The lowest BCUT2D eigenvalue weighted by Gasteiger charge is -2.34. The van der Waals surface area contributed by atoms with Crippen molar-refractivity contribution in [3.63, 3.8) is 0 Å². The summed E-state index contributed by atoms with van der Waals surface area (Å²) in [6.07, 6.45) is 3.84. The van der Waals surface area contributed by atoms with Crippen molar-refractivity contribution in [2.45, 2.75) is 31.8 Å². The van der Waals surface area contributed by atoms with E-state index in [-0.39, 0.29) is 12.1 Å². The Morgan fingerprint density at radius 2 is 2.28 bits per heavy atom. The highest BCUT2D eigenvalue weighted by molar-refractivity contribution is 5.75. The first-order valence-electron chi connectivity index (χ1n) is 6.28. The van der Waals surface area contributed by atoms with Gasteiger partial charge >= 0.3 is 0 Å². The minimum Gasteiger partial charge on any atom is -0.327 e. The van der Waals surface area contributed by atoms with E-state index in [2.05, 4.69) is 32.1 Å². The molecule has 6 heteroatoms. The maximum absolute atomic E-state index is 5.97. The first-order chi connectivity index (χ1) is 8.65. The van der Waals surface area contributed by atoms with E-state index in [1.54, 1.807) is 6.20 Å². The van der Waals surface area contributed by atoms with Crippen molar-refractivity contribution in [3.8, 4) is 0 Å². The molecule has 1 aliphatic rings. The topological polar surface area (TPSA) is 83.7 Å². The van der Waals surface area contributed by atoms with Gasteiger partial charge in [0.05, 0.1) is 17.9 Å². The molecular weight excluding hydrogens is 228 g/mol. The van der Waals surface area contributed by atoms with E-state index >= 15 is 0 Å². The van der Waals surface area contributed by atoms with Gasteiger partial charge in [-0.25, -0.2) is 9.97 Å². The van der Waals surface area contributed by atoms with Crippen molar-refractivity contribution < 1.29 is 0 Å². The van der Waals surface area contributed by atoms with Gasteiger partial charge in [-0.3, -0.25) is 10.00 Å². The molecule has 0 aliphatic carbocycles. The number of likely N-dealkylation sites (N-methyl/N-ethyl adjacent to an activating group) is 1. The average molecular weight is 246 g/mol. The number of fused-ring (bicyclic) bond motifs is 1. The quantitative estimate of drug-likeness (QED) is 0.776. The molecule has 1 aliphatic heterocycles. The number of hydrogen-bond donors (Lipinski definition) is 2. The molecule has 2 aromatic heterocycles. The number of hydrogen-bond acceptors (Lipinski definition) is 5. The Hall–Kier alpha value is -1.53. The number of nitrogens with two attached hydrogens (primary N) is 1. The third kappa shape index (κ3) is 1.87. The first kappa shape index (κ1) is 11.6. The van der Waals surface area contributed by atoms with E-state index in [1.807, 2.05) is 6.92 Å². The zero-order chi connectivity index (χ0) is 12.7. The van der Waals surface area contributed by atoms with Crippen LogP contribution in [-0.4, -0.2) is 44.7 Å². The zero-order valence-corrected chi connectivity index (χ0v) is 10.7. The molecule has 0 saturated carbocycles. The van der Waals surface area contributed by atoms with Crippen LogP contribution in [-0.2, 0) is 0 Å². The Morgan fingerprint density at radius 1 is 1.44 bits per heavy atom. The molecule has 0 spiro atoms. The molecule has 6 nitrogen and oxygen atoms in total. The Bertz CT molecular complexity index is 563. The van der Waals surface area contributed by atoms with Crippen LogP contribution in [0.1, 0.15) is 30.4 Å². The first-order valence-corrected chi connectivity index (χ1v) is 6.28. The summed E-state index contributed by atoms with van der Waals surface area (Å²) >= 11 is 0. The van der Waals surface area contributed by atoms with Crippen LogP contribution < -0.4 is 5.73 Å². The summed E-state index contributed by atoms with van der Waals surface area (Å²) < 4.78 is 0. The second kappa shape index (κ2) is 4.29. The van der Waals surface area contributed by atoms with E-state index in [1.165, 1.54) is 0 Å². The highest BCUT2D eigenvalue weighted by Gasteiger charge is 2.27. The molecule has 2 atom stereocenters. The lowest BCUT2D eigenvalue weighted by molar-refractivity contribution is 0.163. The van der Waals surface area contributed by atoms with Crippen molar-refractivity contribution in [1.29, 1.82) is 0 Å². The third-order valence-electron chi connectivity index (χ3n) is 3.65. The van der Waals surface area contributed by atoms with Crippen LogP contribution in [0, 0.1) is 6.92 Å². The smallest absolute Gasteiger partial charge is 0.146 e. The molecular formula is C12H18N6. The minimum absolute atomic E-state index is 0.267. The van der Waals surface area contributed by atoms with Crippen LogP contribution in [0.4, 0.5) is 0 Å². The van der Waals surface area contributed by atoms with Gasteiger partial charge in [0.15, 0.2) is 0 Å². The lowest BCUT2D eigenvalue weighted by atomic mass is 9.99. The van der Waals surface area contributed by atoms with Crippen LogP contribution in [0.2, 0.25) is 0 Å². The molecule has 3 rings (SSSR count). The van der Waals surface area contributed by atoms with Crippen molar-refractivity contribution in [1.82, 2.24) is 25.1 Å². The van der Waals surface area contributed by atoms with Gasteiger partial charge in [0, 0.05) is 12.6 Å². The molecule has 96 valence electrons. The predicted molar refractivity (Wildman–Crippen MR) is 69.0 cm³/mol. The molecule has 2 aromatic rings. The fourth-order valence-corrected chi connectivity index (χ4v) is 2.61. The molecule has 3 heterocycles. The van der Waals surface area contributed by atoms with Crippen molar-refractivity contribution in [2.24, 2.45) is 5.73 Å². The molecule has 0 aromatic carbocycles. The predicted octanol–water partition coefficient (Wildman–Crippen LogP) is 0.755. The molecule has 2 unspecified atom stereocenters. The standard InChI is InChI=1S/C12H18N6/c1-7-11-9(17-16-7)5-14-12(15-11)10-4-3-8(13)6-18(10)2/h5,8,10H,3-4,6,13H2,1-2H3,(H,16,17). The highest BCUT2D eigenvalue weighted by atomic mass is 15.2. The Labute approximate surface area is 106 Å². The van der Waals surface area contributed by atoms with Gasteiger partial charge in [0.2, 0.25) is 0 Å². The van der Waals surface area contributed by atoms with E-state index in [0.29, 0.717) is 0 Å². The molecule has 18 heavy (non-hydrogen) atoms. The fourth-order valence-electron chi connectivity index (χ4n) is 2.61. The molecule has 0 amide bonds. The summed E-state index contributed by atoms with van der Waals surface area (Å²) in [7, 11) is 2.08. The van der Waals surface area contributed by atoms with Gasteiger partial charge in [-0.1, -0.05) is 0 Å². The summed E-state index contributed by atoms with van der Waals surface area (Å²) in [5.41, 5.74) is 8.70. The number of aryl methyl sites for hydroxylation is 1. The van der Waals surface area contributed by atoms with E-state index < -0.39 is 0 Å². The van der Waals surface area contributed by atoms with Crippen LogP contribution in [0.3, 0.4) is 0 Å². The number of nitrogens with one attached hydrogen (secondary N) is 1. The zero-order valence-electron chi connectivity index (χ0n) is 10.7. The monoisotopic (exact) mass is 246 g/mol. The van der Waals surface area contributed by atoms with Crippen molar-refractivity contribution in [2.75, 3.05) is 13.6 Å². The van der Waals surface area contributed by atoms with Gasteiger partial charge < -0.3 is 5.73 Å². The number of rotatable bonds is 1. The lowest BCUT2D eigenvalue weighted by Crippen LogP contribution is -2.42. The average Bonchev–Trinajstić information content (AvgIpc) is 2.71. The number of likely N-dealkylation sites (tertiary alicyclic amines) is 1. The summed E-state index contributed by atoms with van der Waals surface area (Å²) in [6, 6.07) is 0.536. The molecule has 3 N–H and O–H groups in total. The third-order valence-corrected chi connectivity index (χ3v) is 3.65. The van der Waals surface area contributed by atoms with Crippen molar-refractivity contribution in [3.05, 3.63) is 17.7 Å². The van der Waals surface area contributed by atoms with Crippen LogP contribution >= 0.6 is 0 Å². The summed E-state index contributed by atoms with van der Waals surface area (Å²) in [6.45, 7) is 2.88. The summed E-state index contributed by atoms with van der Waals surface area (Å²) in [5.74, 6) is 0.876. The molecule has 1 saturated heterocycles. The summed E-state index contributed by atoms with van der Waals surface area (Å²) in [4.78, 5) is 11.3. The van der Waals surface area contributed by atoms with Gasteiger partial charge in [-0.2, -0.15) is 5.10 Å². The Balaban J connectivity index is 1.96. The van der Waals surface area contributed by atoms with Crippen LogP contribution in [0.5, 0.6) is 0 Å². The highest BCUT2D eigenvalue weighted by Crippen LogP contribution is 2.27. The number of aromatic nitrogens is 4. The second-order valence-corrected chi connectivity index (χ2v) is 5.10. The Morgan fingerprint density at radius 3 is 3.06 bits per heavy atom. The van der Waals surface area contributed by atoms with E-state index in [9.17, 15) is 0 Å². The largest absolute Gasteiger partial charge is 0.327 e. The number of nitrogens with zero attached hydrogens (tertiary/aromatic N) is 4. The second-order valence-electron chi connectivity index (χ2n) is 5.10. The number of aromatic amines is 1. The molecule has 0 radical (unpaired) electrons. The summed E-state index contributed by atoms with van der Waals surface area (Å²) in [5, 5.41) is 7.09. The van der Waals surface area contributed by atoms with Crippen molar-refractivity contribution >= 4 is 11.0 Å². The fraction of sp³-hybridized carbons (Fsp3) is 0.583. The maximum Gasteiger partial charge on any atom is 0.146 e. The normalized spacial score (nSPS) is 25.7. The van der Waals surface area contributed by atoms with Gasteiger partial charge in [-0.05, 0) is 26.8 Å². The van der Waals surface area contributed by atoms with Gasteiger partial charge in [0.25, 0.3) is 0 Å². The minimum atomic E-state index is 0.267. The van der Waals surface area contributed by atoms with Crippen LogP contribution in [0.25, 0.3) is 11.0 Å².